The van der Waals surface area contributed by atoms with Gasteiger partial charge in [0.15, 0.2) is 0 Å². The Morgan fingerprint density at radius 3 is 2.12 bits per heavy atom. The monoisotopic (exact) mass is 567 g/mol. The summed E-state index contributed by atoms with van der Waals surface area (Å²) >= 11 is 0. The van der Waals surface area contributed by atoms with Crippen molar-refractivity contribution in [3.8, 4) is 0 Å². The van der Waals surface area contributed by atoms with E-state index in [2.05, 4.69) is 5.32 Å². The first-order valence-electron chi connectivity index (χ1n) is 13.4. The van der Waals surface area contributed by atoms with E-state index in [0.29, 0.717) is 0 Å². The van der Waals surface area contributed by atoms with Crippen LogP contribution in [0, 0.1) is 0 Å². The van der Waals surface area contributed by atoms with Crippen molar-refractivity contribution in [2.24, 2.45) is 0 Å². The van der Waals surface area contributed by atoms with Crippen LogP contribution < -0.4 is 5.32 Å². The molecule has 2 aromatic rings. The first kappa shape index (κ1) is 31.1. The maximum absolute atomic E-state index is 13.9. The van der Waals surface area contributed by atoms with Crippen molar-refractivity contribution in [1.82, 2.24) is 15.1 Å². The lowest BCUT2D eigenvalue weighted by atomic mass is 10.0. The predicted molar refractivity (Wildman–Crippen MR) is 148 cm³/mol. The Labute approximate surface area is 239 Å². The molecule has 2 atom stereocenters. The number of nitrogens with one attached hydrogen (secondary N) is 1. The number of carbonyl (C=O) groups is 5. The molecule has 1 saturated heterocycles. The van der Waals surface area contributed by atoms with Crippen LogP contribution in [0.5, 0.6) is 0 Å². The molecule has 0 saturated carbocycles. The van der Waals surface area contributed by atoms with Crippen molar-refractivity contribution in [2.75, 3.05) is 26.7 Å². The van der Waals surface area contributed by atoms with Crippen molar-refractivity contribution in [3.63, 3.8) is 0 Å². The van der Waals surface area contributed by atoms with Gasteiger partial charge >= 0.3 is 18.0 Å². The van der Waals surface area contributed by atoms with Gasteiger partial charge in [0.05, 0.1) is 13.5 Å². The van der Waals surface area contributed by atoms with Crippen LogP contribution in [0.3, 0.4) is 0 Å². The highest BCUT2D eigenvalue weighted by molar-refractivity contribution is 5.95. The highest BCUT2D eigenvalue weighted by Crippen LogP contribution is 2.19. The van der Waals surface area contributed by atoms with E-state index in [4.69, 9.17) is 14.2 Å². The van der Waals surface area contributed by atoms with Crippen molar-refractivity contribution >= 4 is 29.8 Å². The summed E-state index contributed by atoms with van der Waals surface area (Å²) in [7, 11) is 1.18. The summed E-state index contributed by atoms with van der Waals surface area (Å²) in [6.45, 7) is 4.90. The predicted octanol–water partition coefficient (Wildman–Crippen LogP) is 2.47. The fourth-order valence-electron chi connectivity index (χ4n) is 4.38. The summed E-state index contributed by atoms with van der Waals surface area (Å²) in [5.74, 6) is -2.46. The Hall–Kier alpha value is -4.41. The Kier molecular flexibility index (Phi) is 10.8. The molecule has 0 bridgehead atoms. The second-order valence-electron chi connectivity index (χ2n) is 10.6. The summed E-state index contributed by atoms with van der Waals surface area (Å²) in [6.07, 6.45) is -1.10. The average molecular weight is 568 g/mol. The molecule has 41 heavy (non-hydrogen) atoms. The molecule has 0 unspecified atom stereocenters. The zero-order valence-corrected chi connectivity index (χ0v) is 23.8. The Bertz CT molecular complexity index is 1210. The number of piperazine rings is 1. The SMILES string of the molecule is COC(=O)C[C@H]1C(=O)N(CC(=O)OC(C)(C)C)CCN1C(=O)[C@H](Cc1ccccc1)NC(=O)OCc1ccccc1. The number of nitrogens with zero attached hydrogens (tertiary/aromatic N) is 2. The number of hydrogen-bond acceptors (Lipinski definition) is 8. The molecule has 1 N–H and O–H groups in total. The summed E-state index contributed by atoms with van der Waals surface area (Å²) in [5, 5.41) is 2.64. The van der Waals surface area contributed by atoms with E-state index in [9.17, 15) is 24.0 Å². The lowest BCUT2D eigenvalue weighted by molar-refractivity contribution is -0.164. The van der Waals surface area contributed by atoms with Crippen molar-refractivity contribution < 1.29 is 38.2 Å². The Balaban J connectivity index is 1.80. The van der Waals surface area contributed by atoms with E-state index in [1.807, 2.05) is 48.5 Å². The molecule has 1 aliphatic rings. The van der Waals surface area contributed by atoms with Crippen molar-refractivity contribution in [3.05, 3.63) is 71.8 Å². The summed E-state index contributed by atoms with van der Waals surface area (Å²) in [5.41, 5.74) is 0.807. The molecule has 1 fully saturated rings. The van der Waals surface area contributed by atoms with Gasteiger partial charge in [0.2, 0.25) is 11.8 Å². The standard InChI is InChI=1S/C30H37N3O8/c1-30(2,3)41-26(35)19-32-15-16-33(24(28(32)37)18-25(34)39-4)27(36)23(17-21-11-7-5-8-12-21)31-29(38)40-20-22-13-9-6-10-14-22/h5-14,23-24H,15-20H2,1-4H3,(H,31,38)/t23-,24-/m0/s1. The maximum Gasteiger partial charge on any atom is 0.408 e. The number of carbonyl (C=O) groups excluding carboxylic acids is 5. The molecule has 0 spiro atoms. The molecule has 220 valence electrons. The zero-order valence-electron chi connectivity index (χ0n) is 23.8. The third-order valence-electron chi connectivity index (χ3n) is 6.28. The second-order valence-corrected chi connectivity index (χ2v) is 10.6. The van der Waals surface area contributed by atoms with Gasteiger partial charge in [-0.25, -0.2) is 4.79 Å². The van der Waals surface area contributed by atoms with Crippen LogP contribution in [0.25, 0.3) is 0 Å². The van der Waals surface area contributed by atoms with Gasteiger partial charge in [-0.1, -0.05) is 60.7 Å². The Morgan fingerprint density at radius 1 is 0.927 bits per heavy atom. The molecule has 1 heterocycles. The number of alkyl carbamates (subject to hydrolysis) is 1. The molecule has 1 aliphatic heterocycles. The number of benzene rings is 2. The number of ether oxygens (including phenoxy) is 3. The highest BCUT2D eigenvalue weighted by atomic mass is 16.6. The van der Waals surface area contributed by atoms with Gasteiger partial charge in [-0.2, -0.15) is 0 Å². The van der Waals surface area contributed by atoms with Gasteiger partial charge in [-0.05, 0) is 31.9 Å². The minimum absolute atomic E-state index is 0.00567. The van der Waals surface area contributed by atoms with Gasteiger partial charge in [-0.15, -0.1) is 0 Å². The summed E-state index contributed by atoms with van der Waals surface area (Å²) in [6, 6.07) is 15.8. The molecule has 3 rings (SSSR count). The maximum atomic E-state index is 13.9. The number of amides is 3. The lowest BCUT2D eigenvalue weighted by Crippen LogP contribution is -2.63. The fourth-order valence-corrected chi connectivity index (χ4v) is 4.38. The van der Waals surface area contributed by atoms with E-state index in [0.717, 1.165) is 11.1 Å². The molecule has 11 nitrogen and oxygen atoms in total. The number of esters is 2. The van der Waals surface area contributed by atoms with Crippen LogP contribution in [0.2, 0.25) is 0 Å². The molecule has 11 heteroatoms. The van der Waals surface area contributed by atoms with E-state index in [1.54, 1.807) is 32.9 Å². The second kappa shape index (κ2) is 14.3. The van der Waals surface area contributed by atoms with E-state index < -0.39 is 54.0 Å². The van der Waals surface area contributed by atoms with Gasteiger partial charge < -0.3 is 29.3 Å². The van der Waals surface area contributed by atoms with Crippen LogP contribution in [0.1, 0.15) is 38.3 Å². The summed E-state index contributed by atoms with van der Waals surface area (Å²) < 4.78 is 15.5. The van der Waals surface area contributed by atoms with Crippen LogP contribution in [0.4, 0.5) is 4.79 Å². The van der Waals surface area contributed by atoms with Gasteiger partial charge in [0, 0.05) is 19.5 Å². The molecule has 3 amide bonds. The minimum Gasteiger partial charge on any atom is -0.469 e. The molecule has 0 aromatic heterocycles. The first-order valence-corrected chi connectivity index (χ1v) is 13.4. The van der Waals surface area contributed by atoms with Gasteiger partial charge in [-0.3, -0.25) is 19.2 Å². The molecule has 2 aromatic carbocycles. The van der Waals surface area contributed by atoms with Crippen LogP contribution in [0.15, 0.2) is 60.7 Å². The molecule has 0 radical (unpaired) electrons. The van der Waals surface area contributed by atoms with Gasteiger partial charge in [0.25, 0.3) is 0 Å². The Morgan fingerprint density at radius 2 is 1.54 bits per heavy atom. The zero-order chi connectivity index (χ0) is 30.0. The van der Waals surface area contributed by atoms with E-state index in [-0.39, 0.29) is 32.7 Å². The molecule has 0 aliphatic carbocycles. The number of hydrogen-bond donors (Lipinski definition) is 1. The smallest absolute Gasteiger partial charge is 0.408 e. The van der Waals surface area contributed by atoms with Crippen LogP contribution in [-0.4, -0.2) is 84.1 Å². The quantitative estimate of drug-likeness (QED) is 0.342. The van der Waals surface area contributed by atoms with Crippen LogP contribution >= 0.6 is 0 Å². The topological polar surface area (TPSA) is 132 Å². The normalized spacial score (nSPS) is 16.0. The minimum atomic E-state index is -1.23. The van der Waals surface area contributed by atoms with Crippen LogP contribution in [-0.2, 0) is 46.4 Å². The molecular weight excluding hydrogens is 530 g/mol. The fraction of sp³-hybridized carbons (Fsp3) is 0.433. The van der Waals surface area contributed by atoms with Crippen molar-refractivity contribution in [1.29, 1.82) is 0 Å². The van der Waals surface area contributed by atoms with E-state index >= 15 is 0 Å². The van der Waals surface area contributed by atoms with E-state index in [1.165, 1.54) is 16.9 Å². The lowest BCUT2D eigenvalue weighted by Gasteiger charge is -2.41. The average Bonchev–Trinajstić information content (AvgIpc) is 2.93. The third kappa shape index (κ3) is 9.63. The van der Waals surface area contributed by atoms with Gasteiger partial charge in [0.1, 0.15) is 30.8 Å². The largest absolute Gasteiger partial charge is 0.469 e. The molecular formula is C30H37N3O8. The summed E-state index contributed by atoms with van der Waals surface area (Å²) in [4.78, 5) is 67.3. The number of methoxy groups -OCH3 is 1. The first-order chi connectivity index (χ1) is 19.5. The van der Waals surface area contributed by atoms with Crippen molar-refractivity contribution in [2.45, 2.75) is 57.9 Å². The number of rotatable bonds is 10. The third-order valence-corrected chi connectivity index (χ3v) is 6.28. The highest BCUT2D eigenvalue weighted by Gasteiger charge is 2.42.